The molecule has 0 amide bonds. The topological polar surface area (TPSA) is 38.9 Å². The number of aromatic nitrogens is 1. The maximum atomic E-state index is 5.54. The Hall–Kier alpha value is -1.13. The molecule has 1 aromatic heterocycles. The highest BCUT2D eigenvalue weighted by atomic mass is 32.2. The first kappa shape index (κ1) is 12.3. The van der Waals surface area contributed by atoms with Crippen LogP contribution in [0.25, 0.3) is 0 Å². The van der Waals surface area contributed by atoms with Crippen molar-refractivity contribution in [1.29, 1.82) is 0 Å². The Morgan fingerprint density at radius 3 is 2.35 bits per heavy atom. The molecule has 4 heteroatoms. The number of pyridine rings is 1. The molecule has 0 radical (unpaired) electrons. The summed E-state index contributed by atoms with van der Waals surface area (Å²) in [4.78, 5) is 6.52. The summed E-state index contributed by atoms with van der Waals surface area (Å²) in [7, 11) is 0. The van der Waals surface area contributed by atoms with Gasteiger partial charge in [-0.2, -0.15) is 0 Å². The number of hydrogen-bond donors (Lipinski definition) is 1. The molecule has 0 atom stereocenters. The third-order valence-electron chi connectivity index (χ3n) is 2.32. The van der Waals surface area contributed by atoms with Crippen molar-refractivity contribution < 1.29 is 0 Å². The molecule has 0 aliphatic carbocycles. The van der Waals surface area contributed by atoms with Gasteiger partial charge >= 0.3 is 0 Å². The van der Waals surface area contributed by atoms with Gasteiger partial charge in [-0.3, -0.25) is 0 Å². The van der Waals surface area contributed by atoms with Crippen molar-refractivity contribution in [1.82, 2.24) is 4.98 Å². The summed E-state index contributed by atoms with van der Waals surface area (Å²) >= 11 is 3.53. The summed E-state index contributed by atoms with van der Waals surface area (Å²) in [5.74, 6) is 1.53. The maximum absolute atomic E-state index is 5.54. The van der Waals surface area contributed by atoms with E-state index in [2.05, 4.69) is 35.5 Å². The van der Waals surface area contributed by atoms with E-state index in [9.17, 15) is 0 Å². The predicted octanol–water partition coefficient (Wildman–Crippen LogP) is 3.68. The van der Waals surface area contributed by atoms with Crippen molar-refractivity contribution in [2.45, 2.75) is 15.5 Å². The molecular formula is C13H14N2S2. The van der Waals surface area contributed by atoms with E-state index in [1.54, 1.807) is 23.5 Å². The van der Waals surface area contributed by atoms with Crippen LogP contribution in [0.2, 0.25) is 0 Å². The fourth-order valence-corrected chi connectivity index (χ4v) is 2.59. The Morgan fingerprint density at radius 1 is 1.06 bits per heavy atom. The highest BCUT2D eigenvalue weighted by molar-refractivity contribution is 7.98. The lowest BCUT2D eigenvalue weighted by Crippen LogP contribution is -1.88. The molecule has 0 saturated carbocycles. The van der Waals surface area contributed by atoms with Gasteiger partial charge < -0.3 is 5.73 Å². The molecule has 1 aromatic carbocycles. The summed E-state index contributed by atoms with van der Waals surface area (Å²) < 4.78 is 0. The molecule has 0 aliphatic heterocycles. The minimum absolute atomic E-state index is 0.568. The van der Waals surface area contributed by atoms with Crippen molar-refractivity contribution >= 4 is 29.3 Å². The summed E-state index contributed by atoms with van der Waals surface area (Å²) in [6.45, 7) is 0. The molecule has 17 heavy (non-hydrogen) atoms. The van der Waals surface area contributed by atoms with Crippen LogP contribution in [0, 0.1) is 0 Å². The van der Waals surface area contributed by atoms with Crippen molar-refractivity contribution in [2.75, 3.05) is 12.0 Å². The van der Waals surface area contributed by atoms with Crippen LogP contribution in [0.4, 0.5) is 5.82 Å². The molecule has 2 nitrogen and oxygen atoms in total. The number of nitrogens with zero attached hydrogens (tertiary/aromatic N) is 1. The third-order valence-corrected chi connectivity index (χ3v) is 4.12. The van der Waals surface area contributed by atoms with E-state index in [0.717, 1.165) is 10.6 Å². The van der Waals surface area contributed by atoms with Gasteiger partial charge in [-0.25, -0.2) is 4.98 Å². The van der Waals surface area contributed by atoms with E-state index in [4.69, 9.17) is 5.73 Å². The molecule has 1 heterocycles. The van der Waals surface area contributed by atoms with Gasteiger partial charge in [-0.05, 0) is 36.1 Å². The lowest BCUT2D eigenvalue weighted by atomic mass is 10.2. The predicted molar refractivity (Wildman–Crippen MR) is 76.4 cm³/mol. The lowest BCUT2D eigenvalue weighted by Gasteiger charge is -2.03. The molecule has 2 aromatic rings. The van der Waals surface area contributed by atoms with Gasteiger partial charge in [0.2, 0.25) is 0 Å². The fourth-order valence-electron chi connectivity index (χ4n) is 1.37. The van der Waals surface area contributed by atoms with Crippen molar-refractivity contribution in [2.24, 2.45) is 0 Å². The van der Waals surface area contributed by atoms with E-state index < -0.39 is 0 Å². The van der Waals surface area contributed by atoms with Gasteiger partial charge in [-0.15, -0.1) is 23.5 Å². The van der Waals surface area contributed by atoms with Crippen LogP contribution < -0.4 is 5.73 Å². The number of anilines is 1. The Morgan fingerprint density at radius 2 is 1.76 bits per heavy atom. The number of thioether (sulfide) groups is 2. The Kier molecular flexibility index (Phi) is 4.34. The van der Waals surface area contributed by atoms with Crippen molar-refractivity contribution in [3.05, 3.63) is 48.2 Å². The van der Waals surface area contributed by atoms with Gasteiger partial charge in [0.05, 0.1) is 0 Å². The van der Waals surface area contributed by atoms with Crippen LogP contribution in [0.1, 0.15) is 5.56 Å². The van der Waals surface area contributed by atoms with E-state index >= 15 is 0 Å². The van der Waals surface area contributed by atoms with Gasteiger partial charge in [0, 0.05) is 21.7 Å². The van der Waals surface area contributed by atoms with Crippen LogP contribution in [0.15, 0.2) is 52.4 Å². The van der Waals surface area contributed by atoms with Crippen LogP contribution in [0.5, 0.6) is 0 Å². The lowest BCUT2D eigenvalue weighted by molar-refractivity contribution is 1.24. The number of hydrogen-bond acceptors (Lipinski definition) is 4. The number of nitrogen functional groups attached to an aromatic ring is 1. The van der Waals surface area contributed by atoms with Crippen LogP contribution in [0.3, 0.4) is 0 Å². The normalized spacial score (nSPS) is 10.4. The second-order valence-corrected chi connectivity index (χ2v) is 5.48. The average molecular weight is 262 g/mol. The van der Waals surface area contributed by atoms with Crippen molar-refractivity contribution in [3.63, 3.8) is 0 Å². The number of benzene rings is 1. The first-order valence-corrected chi connectivity index (χ1v) is 7.46. The van der Waals surface area contributed by atoms with Gasteiger partial charge in [0.25, 0.3) is 0 Å². The molecule has 2 rings (SSSR count). The van der Waals surface area contributed by atoms with E-state index in [-0.39, 0.29) is 0 Å². The SMILES string of the molecule is CSc1ccc(CSc2ccc(N)nc2)cc1. The molecule has 0 bridgehead atoms. The Bertz CT molecular complexity index is 466. The van der Waals surface area contributed by atoms with Crippen molar-refractivity contribution in [3.8, 4) is 0 Å². The molecule has 2 N–H and O–H groups in total. The Labute approximate surface area is 110 Å². The van der Waals surface area contributed by atoms with Gasteiger partial charge in [0.15, 0.2) is 0 Å². The summed E-state index contributed by atoms with van der Waals surface area (Å²) in [5, 5.41) is 0. The summed E-state index contributed by atoms with van der Waals surface area (Å²) in [6.07, 6.45) is 3.90. The second kappa shape index (κ2) is 5.98. The fraction of sp³-hybridized carbons (Fsp3) is 0.154. The van der Waals surface area contributed by atoms with Crippen LogP contribution >= 0.6 is 23.5 Å². The molecule has 0 aliphatic rings. The zero-order valence-corrected chi connectivity index (χ0v) is 11.2. The highest BCUT2D eigenvalue weighted by Gasteiger charge is 1.97. The average Bonchev–Trinajstić information content (AvgIpc) is 2.39. The molecule has 0 saturated heterocycles. The second-order valence-electron chi connectivity index (χ2n) is 3.56. The minimum Gasteiger partial charge on any atom is -0.384 e. The van der Waals surface area contributed by atoms with E-state index in [1.807, 2.05) is 18.3 Å². The van der Waals surface area contributed by atoms with Gasteiger partial charge in [-0.1, -0.05) is 12.1 Å². The number of rotatable bonds is 4. The third kappa shape index (κ3) is 3.68. The number of nitrogens with two attached hydrogens (primary N) is 1. The smallest absolute Gasteiger partial charge is 0.123 e. The van der Waals surface area contributed by atoms with E-state index in [1.165, 1.54) is 10.5 Å². The highest BCUT2D eigenvalue weighted by Crippen LogP contribution is 2.23. The van der Waals surface area contributed by atoms with Crippen LogP contribution in [-0.2, 0) is 5.75 Å². The molecule has 0 fully saturated rings. The minimum atomic E-state index is 0.568. The molecular weight excluding hydrogens is 248 g/mol. The van der Waals surface area contributed by atoms with Gasteiger partial charge in [0.1, 0.15) is 5.82 Å². The molecule has 0 unspecified atom stereocenters. The molecule has 0 spiro atoms. The Balaban J connectivity index is 1.95. The zero-order chi connectivity index (χ0) is 12.1. The van der Waals surface area contributed by atoms with Crippen LogP contribution in [-0.4, -0.2) is 11.2 Å². The zero-order valence-electron chi connectivity index (χ0n) is 9.59. The standard InChI is InChI=1S/C13H14N2S2/c1-16-11-4-2-10(3-5-11)9-17-12-6-7-13(14)15-8-12/h2-8H,9H2,1H3,(H2,14,15). The maximum Gasteiger partial charge on any atom is 0.123 e. The monoisotopic (exact) mass is 262 g/mol. The molecule has 88 valence electrons. The largest absolute Gasteiger partial charge is 0.384 e. The first-order valence-electron chi connectivity index (χ1n) is 5.25. The van der Waals surface area contributed by atoms with E-state index in [0.29, 0.717) is 5.82 Å². The quantitative estimate of drug-likeness (QED) is 0.853. The summed E-state index contributed by atoms with van der Waals surface area (Å²) in [5.41, 5.74) is 6.87. The first-order chi connectivity index (χ1) is 8.28. The summed E-state index contributed by atoms with van der Waals surface area (Å²) in [6, 6.07) is 12.5.